The van der Waals surface area contributed by atoms with Crippen molar-refractivity contribution in [2.75, 3.05) is 0 Å². The third kappa shape index (κ3) is 0.105. The summed E-state index contributed by atoms with van der Waals surface area (Å²) in [4.78, 5) is 6.76. The minimum Gasteiger partial charge on any atom is -0.347 e. The molecule has 2 aliphatic rings. The lowest BCUT2D eigenvalue weighted by molar-refractivity contribution is 1.07. The Morgan fingerprint density at radius 1 is 1.83 bits per heavy atom. The van der Waals surface area contributed by atoms with Crippen LogP contribution in [0.1, 0.15) is 11.5 Å². The fourth-order valence-electron chi connectivity index (χ4n) is 0.518. The maximum Gasteiger partial charge on any atom is 0.121 e. The van der Waals surface area contributed by atoms with Crippen LogP contribution in [-0.2, 0) is 0 Å². The van der Waals surface area contributed by atoms with Crippen molar-refractivity contribution in [3.05, 3.63) is 24.1 Å². The summed E-state index contributed by atoms with van der Waals surface area (Å²) in [5.41, 5.74) is 0.949. The smallest absolute Gasteiger partial charge is 0.121 e. The van der Waals surface area contributed by atoms with E-state index in [0.29, 0.717) is 0 Å². The van der Waals surface area contributed by atoms with Gasteiger partial charge in [-0.05, 0) is 0 Å². The van der Waals surface area contributed by atoms with Crippen molar-refractivity contribution in [3.8, 4) is 0 Å². The zero-order valence-corrected chi connectivity index (χ0v) is 3.02. The minimum absolute atomic E-state index is 0.880. The zero-order chi connectivity index (χ0) is 3.98. The van der Waals surface area contributed by atoms with Gasteiger partial charge in [0, 0.05) is 6.20 Å². The van der Waals surface area contributed by atoms with Crippen molar-refractivity contribution in [1.29, 1.82) is 0 Å². The van der Waals surface area contributed by atoms with E-state index in [4.69, 9.17) is 0 Å². The molecule has 0 atom stereocenters. The first-order chi connectivity index (χ1) is 2.95. The number of nitrogens with one attached hydrogen (secondary N) is 1. The van der Waals surface area contributed by atoms with Gasteiger partial charge in [-0.15, -0.1) is 0 Å². The second-order valence-electron chi connectivity index (χ2n) is 1.26. The van der Waals surface area contributed by atoms with E-state index in [1.165, 1.54) is 0 Å². The van der Waals surface area contributed by atoms with Gasteiger partial charge in [0.25, 0.3) is 0 Å². The van der Waals surface area contributed by atoms with Crippen LogP contribution in [0.2, 0.25) is 0 Å². The van der Waals surface area contributed by atoms with Crippen LogP contribution in [0.15, 0.2) is 6.20 Å². The molecule has 0 amide bonds. The Bertz CT molecular complexity index is 142. The second-order valence-corrected chi connectivity index (χ2v) is 1.26. The van der Waals surface area contributed by atoms with Gasteiger partial charge in [-0.2, -0.15) is 0 Å². The summed E-state index contributed by atoms with van der Waals surface area (Å²) in [6, 6.07) is 0. The van der Waals surface area contributed by atoms with E-state index in [2.05, 4.69) is 16.4 Å². The summed E-state index contributed by atoms with van der Waals surface area (Å²) in [6.45, 7) is 0. The molecule has 0 unspecified atom stereocenters. The van der Waals surface area contributed by atoms with Gasteiger partial charge in [0.1, 0.15) is 12.2 Å². The first-order valence-electron chi connectivity index (χ1n) is 1.77. The number of fused-ring (bicyclic) bond motifs is 1. The molecule has 0 saturated carbocycles. The lowest BCUT2D eigenvalue weighted by Crippen LogP contribution is -1.94. The van der Waals surface area contributed by atoms with E-state index in [-0.39, 0.29) is 0 Å². The third-order valence-corrected chi connectivity index (χ3v) is 0.824. The van der Waals surface area contributed by atoms with Crippen LogP contribution in [0.5, 0.6) is 0 Å². The summed E-state index contributed by atoms with van der Waals surface area (Å²) in [7, 11) is 0. The topological polar surface area (TPSA) is 28.7 Å². The van der Waals surface area contributed by atoms with Crippen molar-refractivity contribution in [2.45, 2.75) is 0 Å². The molecule has 28 valence electrons. The van der Waals surface area contributed by atoms with E-state index in [1.54, 1.807) is 0 Å². The maximum absolute atomic E-state index is 3.89. The molecular weight excluding hydrogens is 76.1 g/mol. The molecule has 2 nitrogen and oxygen atoms in total. The Kier molecular flexibility index (Phi) is 0.204. The van der Waals surface area contributed by atoms with Gasteiger partial charge in [-0.3, -0.25) is 0 Å². The number of rotatable bonds is 0. The molecule has 0 spiro atoms. The summed E-state index contributed by atoms with van der Waals surface area (Å²) in [6.07, 6.45) is 4.75. The quantitative estimate of drug-likeness (QED) is 0.479. The number of aromatic amines is 1. The second kappa shape index (κ2) is 0.511. The fourth-order valence-corrected chi connectivity index (χ4v) is 0.518. The van der Waals surface area contributed by atoms with Crippen LogP contribution >= 0.6 is 0 Å². The Morgan fingerprint density at radius 2 is 2.67 bits per heavy atom. The summed E-state index contributed by atoms with van der Waals surface area (Å²) < 4.78 is 0. The van der Waals surface area contributed by atoms with E-state index in [9.17, 15) is 0 Å². The number of H-pyrrole nitrogens is 1. The summed E-state index contributed by atoms with van der Waals surface area (Å²) in [5, 5.41) is 0. The predicted molar refractivity (Wildman–Crippen MR) is 20.0 cm³/mol. The Balaban J connectivity index is 2.95. The van der Waals surface area contributed by atoms with Crippen LogP contribution in [-0.4, -0.2) is 9.97 Å². The van der Waals surface area contributed by atoms with Gasteiger partial charge in [0.05, 0.1) is 5.69 Å². The average molecular weight is 78.1 g/mol. The van der Waals surface area contributed by atoms with Crippen LogP contribution < -0.4 is 0 Å². The monoisotopic (exact) mass is 78.0 g/mol. The molecule has 0 saturated heterocycles. The number of nitrogens with zero attached hydrogens (tertiary/aromatic N) is 1. The molecule has 2 radical (unpaired) electrons. The average Bonchev–Trinajstić information content (AvgIpc) is 1.72. The summed E-state index contributed by atoms with van der Waals surface area (Å²) >= 11 is 0. The van der Waals surface area contributed by atoms with Gasteiger partial charge >= 0.3 is 0 Å². The molecule has 0 aliphatic carbocycles. The van der Waals surface area contributed by atoms with Crippen molar-refractivity contribution < 1.29 is 0 Å². The lowest BCUT2D eigenvalue weighted by Gasteiger charge is -1.93. The molecule has 3 heterocycles. The normalized spacial score (nSPS) is 14.0. The highest BCUT2D eigenvalue weighted by molar-refractivity contribution is 5.32. The molecule has 2 heteroatoms. The highest BCUT2D eigenvalue weighted by atomic mass is 15.0. The Morgan fingerprint density at radius 3 is 2.83 bits per heavy atom. The molecule has 3 rings (SSSR count). The molecule has 1 N–H and O–H groups in total. The van der Waals surface area contributed by atoms with E-state index < -0.39 is 0 Å². The molecular formula is C4H2N2. The molecule has 6 heavy (non-hydrogen) atoms. The highest BCUT2D eigenvalue weighted by Crippen LogP contribution is 2.14. The molecule has 2 bridgehead atoms. The fraction of sp³-hybridized carbons (Fsp3) is 0. The van der Waals surface area contributed by atoms with E-state index >= 15 is 0 Å². The van der Waals surface area contributed by atoms with Gasteiger partial charge in [-0.25, -0.2) is 4.98 Å². The van der Waals surface area contributed by atoms with Crippen molar-refractivity contribution in [2.24, 2.45) is 0 Å². The van der Waals surface area contributed by atoms with Gasteiger partial charge in [0.15, 0.2) is 0 Å². The zero-order valence-electron chi connectivity index (χ0n) is 3.02. The third-order valence-electron chi connectivity index (χ3n) is 0.824. The minimum atomic E-state index is 0.880. The summed E-state index contributed by atoms with van der Waals surface area (Å²) in [5.74, 6) is 0.880. The van der Waals surface area contributed by atoms with Crippen LogP contribution in [0, 0.1) is 6.42 Å². The van der Waals surface area contributed by atoms with Crippen molar-refractivity contribution in [3.63, 3.8) is 0 Å². The van der Waals surface area contributed by atoms with Crippen LogP contribution in [0.3, 0.4) is 0 Å². The number of imidazole rings is 1. The van der Waals surface area contributed by atoms with Crippen molar-refractivity contribution in [1.82, 2.24) is 9.97 Å². The SMILES string of the molecule is [C]1c2c[nH]c1n2. The molecule has 2 aliphatic heterocycles. The number of hydrogen-bond donors (Lipinski definition) is 1. The standard InChI is InChI=1S/C4H2N2/c1-3-2-5-4(1)6-3/h2H,(H,5,6). The Labute approximate surface area is 35.2 Å². The van der Waals surface area contributed by atoms with Crippen LogP contribution in [0.25, 0.3) is 0 Å². The van der Waals surface area contributed by atoms with Gasteiger partial charge in [0.2, 0.25) is 0 Å². The molecule has 0 aromatic carbocycles. The largest absolute Gasteiger partial charge is 0.347 e. The predicted octanol–water partition coefficient (Wildman–Crippen LogP) is 0.201. The highest BCUT2D eigenvalue weighted by Gasteiger charge is 2.12. The van der Waals surface area contributed by atoms with E-state index in [0.717, 1.165) is 11.5 Å². The lowest BCUT2D eigenvalue weighted by atomic mass is 10.3. The first kappa shape index (κ1) is 2.39. The number of aromatic nitrogens is 2. The first-order valence-corrected chi connectivity index (χ1v) is 1.77. The Hall–Kier alpha value is -0.790. The molecule has 0 fully saturated rings. The molecule has 1 aromatic heterocycles. The van der Waals surface area contributed by atoms with Gasteiger partial charge in [-0.1, -0.05) is 0 Å². The van der Waals surface area contributed by atoms with Gasteiger partial charge < -0.3 is 4.98 Å². The maximum atomic E-state index is 3.89. The number of hydrogen-bond acceptors (Lipinski definition) is 1. The molecule has 1 aromatic rings. The van der Waals surface area contributed by atoms with Crippen molar-refractivity contribution >= 4 is 0 Å². The van der Waals surface area contributed by atoms with Crippen LogP contribution in [0.4, 0.5) is 0 Å². The van der Waals surface area contributed by atoms with E-state index in [1.807, 2.05) is 6.20 Å².